The third kappa shape index (κ3) is 5.19. The van der Waals surface area contributed by atoms with Crippen molar-refractivity contribution in [3.63, 3.8) is 0 Å². The van der Waals surface area contributed by atoms with Gasteiger partial charge in [0.1, 0.15) is 5.75 Å². The molecule has 154 valence electrons. The molecule has 0 saturated heterocycles. The number of hydrogen-bond acceptors (Lipinski definition) is 6. The summed E-state index contributed by atoms with van der Waals surface area (Å²) in [4.78, 5) is 13.7. The van der Waals surface area contributed by atoms with E-state index in [1.807, 2.05) is 31.2 Å². The van der Waals surface area contributed by atoms with Crippen molar-refractivity contribution in [3.05, 3.63) is 40.1 Å². The molecule has 0 fully saturated rings. The lowest BCUT2D eigenvalue weighted by atomic mass is 10.1. The van der Waals surface area contributed by atoms with Crippen LogP contribution in [0.1, 0.15) is 30.7 Å². The second kappa shape index (κ2) is 9.93. The molecule has 0 aliphatic heterocycles. The standard InChI is InChI=1S/C21H26N4O2S2/c1-5-11-25-20(18-12-28-15(4)14(18)3)23-24-21(25)29-13-19(26)22-16-7-9-17(10-8-16)27-6-2/h7-10,12H,5-6,11,13H2,1-4H3,(H,22,26). The van der Waals surface area contributed by atoms with Crippen molar-refractivity contribution in [2.75, 3.05) is 17.7 Å². The molecule has 2 heterocycles. The summed E-state index contributed by atoms with van der Waals surface area (Å²) in [6.45, 7) is 9.74. The van der Waals surface area contributed by atoms with Crippen molar-refractivity contribution in [2.24, 2.45) is 0 Å². The van der Waals surface area contributed by atoms with Crippen LogP contribution < -0.4 is 10.1 Å². The van der Waals surface area contributed by atoms with Crippen LogP contribution in [0, 0.1) is 13.8 Å². The summed E-state index contributed by atoms with van der Waals surface area (Å²) in [6, 6.07) is 7.38. The van der Waals surface area contributed by atoms with Gasteiger partial charge in [-0.2, -0.15) is 0 Å². The van der Waals surface area contributed by atoms with E-state index in [-0.39, 0.29) is 11.7 Å². The number of nitrogens with zero attached hydrogens (tertiary/aromatic N) is 3. The molecule has 0 aliphatic carbocycles. The minimum absolute atomic E-state index is 0.0747. The average molecular weight is 431 g/mol. The van der Waals surface area contributed by atoms with Gasteiger partial charge in [0.2, 0.25) is 5.91 Å². The molecular formula is C21H26N4O2S2. The number of carbonyl (C=O) groups is 1. The number of hydrogen-bond donors (Lipinski definition) is 1. The molecule has 1 amide bonds. The highest BCUT2D eigenvalue weighted by Crippen LogP contribution is 2.31. The molecule has 0 bridgehead atoms. The summed E-state index contributed by atoms with van der Waals surface area (Å²) in [5.74, 6) is 1.87. The van der Waals surface area contributed by atoms with E-state index in [0.29, 0.717) is 6.61 Å². The maximum Gasteiger partial charge on any atom is 0.234 e. The Morgan fingerprint density at radius 3 is 2.59 bits per heavy atom. The number of thioether (sulfide) groups is 1. The molecule has 2 aromatic heterocycles. The van der Waals surface area contributed by atoms with Crippen LogP contribution in [0.2, 0.25) is 0 Å². The number of carbonyl (C=O) groups excluding carboxylic acids is 1. The lowest BCUT2D eigenvalue weighted by molar-refractivity contribution is -0.113. The van der Waals surface area contributed by atoms with E-state index in [2.05, 4.69) is 46.2 Å². The second-order valence-electron chi connectivity index (χ2n) is 6.58. The fourth-order valence-corrected chi connectivity index (χ4v) is 4.51. The Morgan fingerprint density at radius 2 is 1.97 bits per heavy atom. The van der Waals surface area contributed by atoms with E-state index in [0.717, 1.165) is 40.9 Å². The number of aryl methyl sites for hydroxylation is 1. The van der Waals surface area contributed by atoms with E-state index < -0.39 is 0 Å². The van der Waals surface area contributed by atoms with Gasteiger partial charge in [0.25, 0.3) is 0 Å². The Kier molecular flexibility index (Phi) is 7.33. The van der Waals surface area contributed by atoms with Gasteiger partial charge in [0, 0.05) is 28.1 Å². The first-order valence-corrected chi connectivity index (χ1v) is 11.5. The molecule has 3 rings (SSSR count). The Bertz CT molecular complexity index is 964. The van der Waals surface area contributed by atoms with Gasteiger partial charge < -0.3 is 14.6 Å². The average Bonchev–Trinajstić information content (AvgIpc) is 3.25. The van der Waals surface area contributed by atoms with Crippen molar-refractivity contribution in [1.29, 1.82) is 0 Å². The Labute approximate surface area is 179 Å². The van der Waals surface area contributed by atoms with Gasteiger partial charge in [0.15, 0.2) is 11.0 Å². The molecule has 0 aliphatic rings. The quantitative estimate of drug-likeness (QED) is 0.475. The number of rotatable bonds is 9. The van der Waals surface area contributed by atoms with Gasteiger partial charge in [-0.1, -0.05) is 18.7 Å². The van der Waals surface area contributed by atoms with Crippen molar-refractivity contribution >= 4 is 34.7 Å². The predicted octanol–water partition coefficient (Wildman–Crippen LogP) is 5.16. The van der Waals surface area contributed by atoms with Crippen molar-refractivity contribution in [3.8, 4) is 17.1 Å². The zero-order chi connectivity index (χ0) is 20.8. The van der Waals surface area contributed by atoms with Crippen LogP contribution in [0.25, 0.3) is 11.4 Å². The lowest BCUT2D eigenvalue weighted by Crippen LogP contribution is -2.14. The summed E-state index contributed by atoms with van der Waals surface area (Å²) in [5.41, 5.74) is 3.11. The molecule has 29 heavy (non-hydrogen) atoms. The van der Waals surface area contributed by atoms with Crippen LogP contribution in [0.3, 0.4) is 0 Å². The van der Waals surface area contributed by atoms with E-state index in [4.69, 9.17) is 4.74 Å². The molecule has 8 heteroatoms. The van der Waals surface area contributed by atoms with E-state index in [9.17, 15) is 4.79 Å². The monoisotopic (exact) mass is 430 g/mol. The Balaban J connectivity index is 1.67. The SMILES string of the molecule is CCCn1c(SCC(=O)Nc2ccc(OCC)cc2)nnc1-c1csc(C)c1C. The second-order valence-corrected chi connectivity index (χ2v) is 8.61. The highest BCUT2D eigenvalue weighted by atomic mass is 32.2. The molecule has 1 N–H and O–H groups in total. The third-order valence-corrected chi connectivity index (χ3v) is 6.45. The van der Waals surface area contributed by atoms with Crippen LogP contribution in [-0.4, -0.2) is 33.0 Å². The normalized spacial score (nSPS) is 10.9. The van der Waals surface area contributed by atoms with Gasteiger partial charge >= 0.3 is 0 Å². The first-order valence-electron chi connectivity index (χ1n) is 9.67. The number of anilines is 1. The minimum atomic E-state index is -0.0747. The van der Waals surface area contributed by atoms with Crippen molar-refractivity contribution < 1.29 is 9.53 Å². The maximum atomic E-state index is 12.4. The third-order valence-electron chi connectivity index (χ3n) is 4.47. The van der Waals surface area contributed by atoms with Gasteiger partial charge in [-0.05, 0) is 57.0 Å². The first kappa shape index (κ1) is 21.4. The van der Waals surface area contributed by atoms with Gasteiger partial charge in [0.05, 0.1) is 12.4 Å². The Hall–Kier alpha value is -2.32. The van der Waals surface area contributed by atoms with Crippen molar-refractivity contribution in [2.45, 2.75) is 45.8 Å². The molecule has 0 unspecified atom stereocenters. The lowest BCUT2D eigenvalue weighted by Gasteiger charge is -2.09. The number of thiophene rings is 1. The number of aromatic nitrogens is 3. The summed E-state index contributed by atoms with van der Waals surface area (Å²) < 4.78 is 7.54. The van der Waals surface area contributed by atoms with Gasteiger partial charge in [-0.3, -0.25) is 4.79 Å². The minimum Gasteiger partial charge on any atom is -0.494 e. The molecule has 0 spiro atoms. The molecule has 0 atom stereocenters. The topological polar surface area (TPSA) is 69.0 Å². The Morgan fingerprint density at radius 1 is 1.21 bits per heavy atom. The van der Waals surface area contributed by atoms with E-state index in [1.165, 1.54) is 22.2 Å². The number of ether oxygens (including phenoxy) is 1. The summed E-state index contributed by atoms with van der Waals surface area (Å²) in [7, 11) is 0. The summed E-state index contributed by atoms with van der Waals surface area (Å²) in [5, 5.41) is 14.6. The van der Waals surface area contributed by atoms with Crippen molar-refractivity contribution in [1.82, 2.24) is 14.8 Å². The van der Waals surface area contributed by atoms with Crippen LogP contribution in [0.4, 0.5) is 5.69 Å². The molecule has 6 nitrogen and oxygen atoms in total. The largest absolute Gasteiger partial charge is 0.494 e. The molecule has 0 radical (unpaired) electrons. The zero-order valence-electron chi connectivity index (χ0n) is 17.2. The molecule has 3 aromatic rings. The molecular weight excluding hydrogens is 404 g/mol. The summed E-state index contributed by atoms with van der Waals surface area (Å²) in [6.07, 6.45) is 0.971. The maximum absolute atomic E-state index is 12.4. The fraction of sp³-hybridized carbons (Fsp3) is 0.381. The first-order chi connectivity index (χ1) is 14.0. The van der Waals surface area contributed by atoms with Crippen LogP contribution in [0.15, 0.2) is 34.8 Å². The highest BCUT2D eigenvalue weighted by molar-refractivity contribution is 7.99. The van der Waals surface area contributed by atoms with E-state index >= 15 is 0 Å². The van der Waals surface area contributed by atoms with Crippen LogP contribution in [-0.2, 0) is 11.3 Å². The molecule has 1 aromatic carbocycles. The highest BCUT2D eigenvalue weighted by Gasteiger charge is 2.18. The fourth-order valence-electron chi connectivity index (χ4n) is 2.88. The van der Waals surface area contributed by atoms with Gasteiger partial charge in [-0.25, -0.2) is 0 Å². The van der Waals surface area contributed by atoms with E-state index in [1.54, 1.807) is 11.3 Å². The number of nitrogens with one attached hydrogen (secondary N) is 1. The molecule has 0 saturated carbocycles. The van der Waals surface area contributed by atoms with Gasteiger partial charge in [-0.15, -0.1) is 21.5 Å². The number of benzene rings is 1. The number of amides is 1. The predicted molar refractivity (Wildman–Crippen MR) is 120 cm³/mol. The van der Waals surface area contributed by atoms with Crippen LogP contribution in [0.5, 0.6) is 5.75 Å². The zero-order valence-corrected chi connectivity index (χ0v) is 18.8. The smallest absolute Gasteiger partial charge is 0.234 e. The van der Waals surface area contributed by atoms with Crippen LogP contribution >= 0.6 is 23.1 Å². The summed E-state index contributed by atoms with van der Waals surface area (Å²) >= 11 is 3.13.